The number of carbonyl (C=O) groups excluding carboxylic acids is 1. The molecule has 1 heterocycles. The number of hydrogen-bond donors (Lipinski definition) is 0. The zero-order valence-corrected chi connectivity index (χ0v) is 13.1. The molecule has 2 aromatic rings. The minimum Gasteiger partial charge on any atom is -0.334 e. The number of nitrogens with zero attached hydrogens (tertiary/aromatic N) is 1. The first kappa shape index (κ1) is 13.9. The average Bonchev–Trinajstić information content (AvgIpc) is 3.44. The van der Waals surface area contributed by atoms with Gasteiger partial charge in [0.15, 0.2) is 0 Å². The molecular formula is C18H18FNOS. The Balaban J connectivity index is 1.45. The molecular weight excluding hydrogens is 297 g/mol. The number of hydrogen-bond acceptors (Lipinski definition) is 2. The molecule has 4 rings (SSSR count). The maximum atomic E-state index is 13.0. The summed E-state index contributed by atoms with van der Waals surface area (Å²) in [6.07, 6.45) is 3.16. The van der Waals surface area contributed by atoms with Crippen molar-refractivity contribution in [3.8, 4) is 0 Å². The lowest BCUT2D eigenvalue weighted by molar-refractivity contribution is -0.133. The lowest BCUT2D eigenvalue weighted by Crippen LogP contribution is -2.33. The van der Waals surface area contributed by atoms with Crippen LogP contribution in [0.2, 0.25) is 0 Å². The van der Waals surface area contributed by atoms with Gasteiger partial charge in [-0.25, -0.2) is 4.39 Å². The fourth-order valence-corrected chi connectivity index (χ4v) is 3.81. The maximum Gasteiger partial charge on any atom is 0.226 e. The third-order valence-corrected chi connectivity index (χ3v) is 5.44. The summed E-state index contributed by atoms with van der Waals surface area (Å²) < 4.78 is 13.0. The summed E-state index contributed by atoms with van der Waals surface area (Å²) in [6, 6.07) is 11.2. The molecule has 0 bridgehead atoms. The number of benzene rings is 1. The average molecular weight is 315 g/mol. The van der Waals surface area contributed by atoms with Gasteiger partial charge in [-0.15, -0.1) is 11.3 Å². The second-order valence-corrected chi connectivity index (χ2v) is 7.31. The Bertz CT molecular complexity index is 663. The molecule has 0 saturated heterocycles. The van der Waals surface area contributed by atoms with Crippen LogP contribution in [0, 0.1) is 11.7 Å². The molecule has 114 valence electrons. The molecule has 1 aromatic heterocycles. The van der Waals surface area contributed by atoms with E-state index in [-0.39, 0.29) is 23.6 Å². The molecule has 2 fully saturated rings. The summed E-state index contributed by atoms with van der Waals surface area (Å²) in [5.74, 6) is 0.429. The summed E-state index contributed by atoms with van der Waals surface area (Å²) in [5.41, 5.74) is 1.09. The SMILES string of the molecule is O=C(C1CC1c1ccc(F)cc1)N(Cc1cccs1)C1CC1. The van der Waals surface area contributed by atoms with E-state index in [9.17, 15) is 9.18 Å². The van der Waals surface area contributed by atoms with E-state index >= 15 is 0 Å². The van der Waals surface area contributed by atoms with Crippen molar-refractivity contribution in [3.05, 3.63) is 58.0 Å². The number of amides is 1. The van der Waals surface area contributed by atoms with Crippen LogP contribution in [0.5, 0.6) is 0 Å². The molecule has 0 N–H and O–H groups in total. The number of carbonyl (C=O) groups is 1. The van der Waals surface area contributed by atoms with Gasteiger partial charge in [0.05, 0.1) is 6.54 Å². The fourth-order valence-electron chi connectivity index (χ4n) is 3.10. The van der Waals surface area contributed by atoms with Crippen molar-refractivity contribution in [2.45, 2.75) is 37.8 Å². The van der Waals surface area contributed by atoms with Gasteiger partial charge in [-0.3, -0.25) is 4.79 Å². The number of rotatable bonds is 5. The van der Waals surface area contributed by atoms with Crippen LogP contribution in [-0.4, -0.2) is 16.8 Å². The van der Waals surface area contributed by atoms with Crippen molar-refractivity contribution in [3.63, 3.8) is 0 Å². The predicted molar refractivity (Wildman–Crippen MR) is 85.1 cm³/mol. The summed E-state index contributed by atoms with van der Waals surface area (Å²) in [4.78, 5) is 16.1. The van der Waals surface area contributed by atoms with E-state index in [4.69, 9.17) is 0 Å². The van der Waals surface area contributed by atoms with Crippen molar-refractivity contribution in [2.75, 3.05) is 0 Å². The largest absolute Gasteiger partial charge is 0.334 e. The molecule has 2 nitrogen and oxygen atoms in total. The first-order valence-electron chi connectivity index (χ1n) is 7.80. The van der Waals surface area contributed by atoms with Crippen LogP contribution in [0.25, 0.3) is 0 Å². The molecule has 2 unspecified atom stereocenters. The molecule has 0 radical (unpaired) electrons. The summed E-state index contributed by atoms with van der Waals surface area (Å²) in [5, 5.41) is 2.06. The highest BCUT2D eigenvalue weighted by atomic mass is 32.1. The van der Waals surface area contributed by atoms with Gasteiger partial charge in [0.2, 0.25) is 5.91 Å². The summed E-state index contributed by atoms with van der Waals surface area (Å²) in [7, 11) is 0. The molecule has 2 atom stereocenters. The monoisotopic (exact) mass is 315 g/mol. The van der Waals surface area contributed by atoms with Crippen molar-refractivity contribution < 1.29 is 9.18 Å². The first-order valence-corrected chi connectivity index (χ1v) is 8.68. The lowest BCUT2D eigenvalue weighted by atomic mass is 10.1. The minimum atomic E-state index is -0.218. The normalized spacial score (nSPS) is 23.3. The van der Waals surface area contributed by atoms with E-state index in [1.807, 2.05) is 18.2 Å². The van der Waals surface area contributed by atoms with Gasteiger partial charge >= 0.3 is 0 Å². The van der Waals surface area contributed by atoms with Crippen molar-refractivity contribution in [1.82, 2.24) is 4.90 Å². The Hall–Kier alpha value is -1.68. The second kappa shape index (κ2) is 5.51. The van der Waals surface area contributed by atoms with Crippen LogP contribution in [-0.2, 0) is 11.3 Å². The number of thiophene rings is 1. The molecule has 2 saturated carbocycles. The maximum absolute atomic E-state index is 13.0. The fraction of sp³-hybridized carbons (Fsp3) is 0.389. The van der Waals surface area contributed by atoms with Gasteiger partial charge in [0.1, 0.15) is 5.82 Å². The highest BCUT2D eigenvalue weighted by molar-refractivity contribution is 7.09. The second-order valence-electron chi connectivity index (χ2n) is 6.28. The molecule has 22 heavy (non-hydrogen) atoms. The quantitative estimate of drug-likeness (QED) is 0.810. The Morgan fingerprint density at radius 2 is 2.00 bits per heavy atom. The van der Waals surface area contributed by atoms with Crippen LogP contribution < -0.4 is 0 Å². The zero-order chi connectivity index (χ0) is 15.1. The van der Waals surface area contributed by atoms with Gasteiger partial charge in [-0.2, -0.15) is 0 Å². The predicted octanol–water partition coefficient (Wildman–Crippen LogP) is 4.18. The molecule has 4 heteroatoms. The van der Waals surface area contributed by atoms with Gasteiger partial charge < -0.3 is 4.90 Å². The Kier molecular flexibility index (Phi) is 3.49. The van der Waals surface area contributed by atoms with Crippen molar-refractivity contribution in [2.24, 2.45) is 5.92 Å². The van der Waals surface area contributed by atoms with Gasteiger partial charge in [-0.05, 0) is 54.3 Å². The summed E-state index contributed by atoms with van der Waals surface area (Å²) >= 11 is 1.71. The van der Waals surface area contributed by atoms with Crippen LogP contribution in [0.4, 0.5) is 4.39 Å². The van der Waals surface area contributed by atoms with E-state index in [2.05, 4.69) is 16.3 Å². The zero-order valence-electron chi connectivity index (χ0n) is 12.2. The number of halogens is 1. The third-order valence-electron chi connectivity index (χ3n) is 4.58. The van der Waals surface area contributed by atoms with E-state index in [0.29, 0.717) is 6.04 Å². The smallest absolute Gasteiger partial charge is 0.226 e. The van der Waals surface area contributed by atoms with Crippen molar-refractivity contribution in [1.29, 1.82) is 0 Å². The van der Waals surface area contributed by atoms with E-state index < -0.39 is 0 Å². The van der Waals surface area contributed by atoms with Crippen LogP contribution in [0.1, 0.15) is 35.6 Å². The van der Waals surface area contributed by atoms with E-state index in [0.717, 1.165) is 31.4 Å². The van der Waals surface area contributed by atoms with Crippen LogP contribution in [0.3, 0.4) is 0 Å². The van der Waals surface area contributed by atoms with Crippen molar-refractivity contribution >= 4 is 17.2 Å². The highest BCUT2D eigenvalue weighted by Crippen LogP contribution is 2.49. The Morgan fingerprint density at radius 3 is 2.64 bits per heavy atom. The molecule has 0 aliphatic heterocycles. The standard InChI is InChI=1S/C18H18FNOS/c19-13-5-3-12(4-6-13)16-10-17(16)18(21)20(14-7-8-14)11-15-2-1-9-22-15/h1-6,9,14,16-17H,7-8,10-11H2. The highest BCUT2D eigenvalue weighted by Gasteiger charge is 2.48. The molecule has 2 aliphatic rings. The molecule has 2 aliphatic carbocycles. The van der Waals surface area contributed by atoms with Crippen LogP contribution >= 0.6 is 11.3 Å². The topological polar surface area (TPSA) is 20.3 Å². The lowest BCUT2D eigenvalue weighted by Gasteiger charge is -2.22. The van der Waals surface area contributed by atoms with E-state index in [1.54, 1.807) is 11.3 Å². The minimum absolute atomic E-state index is 0.0889. The molecule has 0 spiro atoms. The Morgan fingerprint density at radius 1 is 1.23 bits per heavy atom. The Labute approximate surface area is 133 Å². The van der Waals surface area contributed by atoms with Gasteiger partial charge in [-0.1, -0.05) is 18.2 Å². The summed E-state index contributed by atoms with van der Waals surface area (Å²) in [6.45, 7) is 0.744. The third kappa shape index (κ3) is 2.80. The van der Waals surface area contributed by atoms with Gasteiger partial charge in [0.25, 0.3) is 0 Å². The van der Waals surface area contributed by atoms with Gasteiger partial charge in [0, 0.05) is 16.8 Å². The van der Waals surface area contributed by atoms with Crippen LogP contribution in [0.15, 0.2) is 41.8 Å². The molecule has 1 amide bonds. The van der Waals surface area contributed by atoms with E-state index in [1.165, 1.54) is 17.0 Å². The molecule has 1 aromatic carbocycles. The first-order chi connectivity index (χ1) is 10.7.